The van der Waals surface area contributed by atoms with Crippen LogP contribution in [0.3, 0.4) is 0 Å². The van der Waals surface area contributed by atoms with Crippen molar-refractivity contribution >= 4 is 51.9 Å². The molecule has 0 atom stereocenters. The van der Waals surface area contributed by atoms with E-state index in [1.165, 1.54) is 54.9 Å². The summed E-state index contributed by atoms with van der Waals surface area (Å²) in [5, 5.41) is 5.08. The van der Waals surface area contributed by atoms with Gasteiger partial charge in [-0.1, -0.05) is 139 Å². The van der Waals surface area contributed by atoms with Crippen molar-refractivity contribution in [3.63, 3.8) is 0 Å². The second-order valence-electron chi connectivity index (χ2n) is 8.66. The van der Waals surface area contributed by atoms with E-state index >= 15 is 0 Å². The molecule has 0 fully saturated rings. The van der Waals surface area contributed by atoms with Gasteiger partial charge in [-0.05, 0) is 63.2 Å². The molecular formula is C34H28. The highest BCUT2D eigenvalue weighted by Crippen LogP contribution is 2.35. The summed E-state index contributed by atoms with van der Waals surface area (Å²) in [6.45, 7) is 4.17. The Hall–Kier alpha value is -4.16. The average Bonchev–Trinajstić information content (AvgIpc) is 2.88. The number of benzene rings is 5. The first-order chi connectivity index (χ1) is 16.7. The lowest BCUT2D eigenvalue weighted by Gasteiger charge is -2.13. The number of aryl methyl sites for hydroxylation is 1. The number of hydrogen-bond acceptors (Lipinski definition) is 0. The van der Waals surface area contributed by atoms with Gasteiger partial charge in [-0.25, -0.2) is 0 Å². The maximum absolute atomic E-state index is 2.27. The summed E-state index contributed by atoms with van der Waals surface area (Å²) in [7, 11) is 0. The predicted octanol–water partition coefficient (Wildman–Crippen LogP) is 9.68. The van der Waals surface area contributed by atoms with Gasteiger partial charge in [0.05, 0.1) is 0 Å². The van der Waals surface area contributed by atoms with E-state index in [1.54, 1.807) is 0 Å². The first kappa shape index (κ1) is 21.7. The lowest BCUT2D eigenvalue weighted by atomic mass is 9.90. The van der Waals surface area contributed by atoms with Gasteiger partial charge < -0.3 is 0 Å². The van der Waals surface area contributed by atoms with Gasteiger partial charge in [0.2, 0.25) is 0 Å². The van der Waals surface area contributed by atoms with E-state index in [1.807, 2.05) is 6.92 Å². The van der Waals surface area contributed by atoms with Crippen molar-refractivity contribution in [2.45, 2.75) is 13.8 Å². The quantitative estimate of drug-likeness (QED) is 0.190. The van der Waals surface area contributed by atoms with Gasteiger partial charge in [-0.3, -0.25) is 0 Å². The largest absolute Gasteiger partial charge is 0.0871 e. The summed E-state index contributed by atoms with van der Waals surface area (Å²) in [5.74, 6) is 0. The molecule has 0 unspecified atom stereocenters. The van der Waals surface area contributed by atoms with E-state index in [2.05, 4.69) is 140 Å². The highest BCUT2D eigenvalue weighted by molar-refractivity contribution is 6.14. The minimum absolute atomic E-state index is 1.20. The Balaban J connectivity index is 1.65. The van der Waals surface area contributed by atoms with Gasteiger partial charge in [0.15, 0.2) is 0 Å². The van der Waals surface area contributed by atoms with Gasteiger partial charge in [-0.2, -0.15) is 0 Å². The van der Waals surface area contributed by atoms with E-state index in [0.717, 1.165) is 0 Å². The van der Waals surface area contributed by atoms with Crippen LogP contribution in [-0.4, -0.2) is 0 Å². The molecule has 0 N–H and O–H groups in total. The van der Waals surface area contributed by atoms with Crippen molar-refractivity contribution in [3.05, 3.63) is 137 Å². The highest BCUT2D eigenvalue weighted by Gasteiger charge is 2.10. The maximum atomic E-state index is 2.27. The van der Waals surface area contributed by atoms with Crippen LogP contribution in [0, 0.1) is 6.92 Å². The van der Waals surface area contributed by atoms with Gasteiger partial charge in [0, 0.05) is 0 Å². The fraction of sp³-hybridized carbons (Fsp3) is 0.0588. The molecule has 0 aliphatic rings. The highest BCUT2D eigenvalue weighted by atomic mass is 14.1. The summed E-state index contributed by atoms with van der Waals surface area (Å²) in [6, 6.07) is 34.8. The summed E-state index contributed by atoms with van der Waals surface area (Å²) in [4.78, 5) is 0. The Kier molecular flexibility index (Phi) is 6.23. The second kappa shape index (κ2) is 9.77. The van der Waals surface area contributed by atoms with Crippen molar-refractivity contribution < 1.29 is 0 Å². The fourth-order valence-electron chi connectivity index (χ4n) is 4.50. The predicted molar refractivity (Wildman–Crippen MR) is 152 cm³/mol. The van der Waals surface area contributed by atoms with Gasteiger partial charge in [-0.15, -0.1) is 0 Å². The van der Waals surface area contributed by atoms with E-state index in [4.69, 9.17) is 0 Å². The lowest BCUT2D eigenvalue weighted by Crippen LogP contribution is -1.88. The molecule has 5 aromatic rings. The number of fused-ring (bicyclic) bond motifs is 2. The third-order valence-electron chi connectivity index (χ3n) is 6.27. The molecule has 0 radical (unpaired) electrons. The minimum atomic E-state index is 1.20. The van der Waals surface area contributed by atoms with Crippen LogP contribution in [0.1, 0.15) is 40.3 Å². The molecule has 0 amide bonds. The molecule has 0 bridgehead atoms. The van der Waals surface area contributed by atoms with Crippen LogP contribution in [0.2, 0.25) is 0 Å². The monoisotopic (exact) mass is 436 g/mol. The molecule has 0 heterocycles. The van der Waals surface area contributed by atoms with Crippen molar-refractivity contribution in [2.75, 3.05) is 0 Å². The van der Waals surface area contributed by atoms with E-state index < -0.39 is 0 Å². The van der Waals surface area contributed by atoms with E-state index in [9.17, 15) is 0 Å². The van der Waals surface area contributed by atoms with Crippen LogP contribution in [0.4, 0.5) is 0 Å². The van der Waals surface area contributed by atoms with Crippen molar-refractivity contribution in [3.8, 4) is 0 Å². The smallest absolute Gasteiger partial charge is 0.00987 e. The van der Waals surface area contributed by atoms with Crippen LogP contribution in [-0.2, 0) is 0 Å². The SMILES string of the molecule is C/C=C/c1ccc(/C=C/c2c3ccccc3c(/C=C/c3ccc(C)cc3)c3ccccc23)cc1. The van der Waals surface area contributed by atoms with Crippen molar-refractivity contribution in [1.29, 1.82) is 0 Å². The summed E-state index contributed by atoms with van der Waals surface area (Å²) in [5.41, 5.74) is 7.44. The Morgan fingerprint density at radius 1 is 0.412 bits per heavy atom. The standard InChI is InChI=1S/C34H28/c1-3-8-26-17-19-28(20-18-26)22-24-34-31-11-6-4-9-29(31)33(30-10-5-7-12-32(30)34)23-21-27-15-13-25(2)14-16-27/h3-24H,1-2H3/b8-3+,23-21+,24-22+. The second-order valence-corrected chi connectivity index (χ2v) is 8.66. The fourth-order valence-corrected chi connectivity index (χ4v) is 4.50. The molecule has 5 rings (SSSR count). The van der Waals surface area contributed by atoms with Gasteiger partial charge >= 0.3 is 0 Å². The van der Waals surface area contributed by atoms with Crippen LogP contribution >= 0.6 is 0 Å². The Labute approximate surface area is 202 Å². The molecule has 0 aliphatic carbocycles. The molecule has 0 aliphatic heterocycles. The van der Waals surface area contributed by atoms with Gasteiger partial charge in [0.1, 0.15) is 0 Å². The number of hydrogen-bond donors (Lipinski definition) is 0. The molecule has 5 aromatic carbocycles. The molecular weight excluding hydrogens is 408 g/mol. The van der Waals surface area contributed by atoms with Crippen LogP contribution in [0.15, 0.2) is 103 Å². The molecule has 0 nitrogen and oxygen atoms in total. The Bertz CT molecular complexity index is 1470. The Morgan fingerprint density at radius 2 is 0.765 bits per heavy atom. The normalized spacial score (nSPS) is 12.1. The topological polar surface area (TPSA) is 0 Å². The van der Waals surface area contributed by atoms with Crippen LogP contribution < -0.4 is 0 Å². The third-order valence-corrected chi connectivity index (χ3v) is 6.27. The summed E-state index contributed by atoms with van der Waals surface area (Å²) in [6.07, 6.45) is 13.2. The van der Waals surface area contributed by atoms with Crippen LogP contribution in [0.25, 0.3) is 51.9 Å². The summed E-state index contributed by atoms with van der Waals surface area (Å²) < 4.78 is 0. The first-order valence-corrected chi connectivity index (χ1v) is 11.8. The molecule has 0 saturated carbocycles. The van der Waals surface area contributed by atoms with Crippen LogP contribution in [0.5, 0.6) is 0 Å². The molecule has 164 valence electrons. The first-order valence-electron chi connectivity index (χ1n) is 11.8. The zero-order valence-electron chi connectivity index (χ0n) is 19.7. The number of rotatable bonds is 5. The summed E-state index contributed by atoms with van der Waals surface area (Å²) >= 11 is 0. The van der Waals surface area contributed by atoms with Crippen molar-refractivity contribution in [2.24, 2.45) is 0 Å². The zero-order chi connectivity index (χ0) is 23.3. The molecule has 0 saturated heterocycles. The average molecular weight is 437 g/mol. The molecule has 34 heavy (non-hydrogen) atoms. The Morgan fingerprint density at radius 3 is 1.15 bits per heavy atom. The minimum Gasteiger partial charge on any atom is -0.0871 e. The van der Waals surface area contributed by atoms with Crippen molar-refractivity contribution in [1.82, 2.24) is 0 Å². The van der Waals surface area contributed by atoms with E-state index in [-0.39, 0.29) is 0 Å². The molecule has 0 spiro atoms. The van der Waals surface area contributed by atoms with Gasteiger partial charge in [0.25, 0.3) is 0 Å². The third kappa shape index (κ3) is 4.49. The molecule has 0 aromatic heterocycles. The lowest BCUT2D eigenvalue weighted by molar-refractivity contribution is 1.46. The maximum Gasteiger partial charge on any atom is -0.00987 e. The number of allylic oxidation sites excluding steroid dienone is 1. The van der Waals surface area contributed by atoms with E-state index in [0.29, 0.717) is 0 Å². The zero-order valence-corrected chi connectivity index (χ0v) is 19.7. The molecule has 0 heteroatoms.